The Morgan fingerprint density at radius 3 is 2.81 bits per heavy atom. The average molecular weight is 242 g/mol. The van der Waals surface area contributed by atoms with Crippen LogP contribution in [0.2, 0.25) is 5.02 Å². The van der Waals surface area contributed by atoms with Crippen LogP contribution in [0, 0.1) is 0 Å². The molecule has 3 nitrogen and oxygen atoms in total. The van der Waals surface area contributed by atoms with E-state index >= 15 is 0 Å². The summed E-state index contributed by atoms with van der Waals surface area (Å²) in [7, 11) is 1.33. The van der Waals surface area contributed by atoms with Gasteiger partial charge in [-0.25, -0.2) is 4.79 Å². The van der Waals surface area contributed by atoms with E-state index in [1.165, 1.54) is 26.1 Å². The van der Waals surface area contributed by atoms with Crippen molar-refractivity contribution in [2.24, 2.45) is 0 Å². The molecule has 4 heteroatoms. The largest absolute Gasteiger partial charge is 0.465 e. The number of esters is 1. The summed E-state index contributed by atoms with van der Waals surface area (Å²) in [6.07, 6.45) is 5.83. The van der Waals surface area contributed by atoms with Gasteiger partial charge in [0.1, 0.15) is 0 Å². The minimum absolute atomic E-state index is 0.323. The average Bonchev–Trinajstić information content (AvgIpc) is 2.29. The molecular formula is C12H16ClNO2. The van der Waals surface area contributed by atoms with Crippen LogP contribution >= 0.6 is 11.6 Å². The lowest BCUT2D eigenvalue weighted by Gasteiger charge is -2.04. The molecule has 0 bridgehead atoms. The molecule has 1 heterocycles. The van der Waals surface area contributed by atoms with Crippen LogP contribution in [0.15, 0.2) is 12.3 Å². The smallest absolute Gasteiger partial charge is 0.340 e. The summed E-state index contributed by atoms with van der Waals surface area (Å²) in [4.78, 5) is 15.5. The molecule has 0 aliphatic carbocycles. The molecule has 0 atom stereocenters. The molecule has 1 aromatic rings. The van der Waals surface area contributed by atoms with Gasteiger partial charge in [0.05, 0.1) is 17.7 Å². The van der Waals surface area contributed by atoms with Gasteiger partial charge in [0.2, 0.25) is 0 Å². The number of rotatable bonds is 5. The summed E-state index contributed by atoms with van der Waals surface area (Å²) in [5.41, 5.74) is 1.24. The molecule has 0 fully saturated rings. The number of pyridine rings is 1. The molecule has 0 saturated heterocycles. The van der Waals surface area contributed by atoms with E-state index in [1.807, 2.05) is 0 Å². The summed E-state index contributed by atoms with van der Waals surface area (Å²) >= 11 is 5.97. The molecule has 1 aromatic heterocycles. The molecule has 0 aromatic carbocycles. The van der Waals surface area contributed by atoms with Gasteiger partial charge in [-0.1, -0.05) is 31.4 Å². The second-order valence-electron chi connectivity index (χ2n) is 3.60. The molecule has 0 aliphatic rings. The number of aryl methyl sites for hydroxylation is 1. The van der Waals surface area contributed by atoms with Gasteiger partial charge in [-0.3, -0.25) is 4.98 Å². The molecule has 0 aliphatic heterocycles. The van der Waals surface area contributed by atoms with Gasteiger partial charge in [0.15, 0.2) is 0 Å². The standard InChI is InChI=1S/C12H16ClNO2/c1-3-4-5-6-9-7-11(13)10(8-14-9)12(15)16-2/h7-8H,3-6H2,1-2H3. The highest BCUT2D eigenvalue weighted by Crippen LogP contribution is 2.18. The first-order chi connectivity index (χ1) is 7.69. The maximum absolute atomic E-state index is 11.3. The van der Waals surface area contributed by atoms with E-state index in [-0.39, 0.29) is 0 Å². The zero-order chi connectivity index (χ0) is 12.0. The van der Waals surface area contributed by atoms with Crippen LogP contribution in [-0.2, 0) is 11.2 Å². The van der Waals surface area contributed by atoms with E-state index in [4.69, 9.17) is 11.6 Å². The van der Waals surface area contributed by atoms with Gasteiger partial charge < -0.3 is 4.74 Å². The summed E-state index contributed by atoms with van der Waals surface area (Å²) in [6.45, 7) is 2.15. The highest BCUT2D eigenvalue weighted by atomic mass is 35.5. The number of unbranched alkanes of at least 4 members (excludes halogenated alkanes) is 2. The van der Waals surface area contributed by atoms with E-state index in [0.717, 1.165) is 18.5 Å². The summed E-state index contributed by atoms with van der Waals surface area (Å²) in [5, 5.41) is 0.411. The minimum atomic E-state index is -0.447. The van der Waals surface area contributed by atoms with E-state index in [0.29, 0.717) is 10.6 Å². The highest BCUT2D eigenvalue weighted by molar-refractivity contribution is 6.33. The Kier molecular flexibility index (Phi) is 5.26. The second kappa shape index (κ2) is 6.48. The third-order valence-electron chi connectivity index (χ3n) is 2.35. The molecule has 0 saturated carbocycles. The predicted octanol–water partition coefficient (Wildman–Crippen LogP) is 3.25. The van der Waals surface area contributed by atoms with Crippen LogP contribution in [0.25, 0.3) is 0 Å². The SMILES string of the molecule is CCCCCc1cc(Cl)c(C(=O)OC)cn1. The van der Waals surface area contributed by atoms with Crippen molar-refractivity contribution in [3.05, 3.63) is 28.5 Å². The monoisotopic (exact) mass is 241 g/mol. The summed E-state index contributed by atoms with van der Waals surface area (Å²) in [5.74, 6) is -0.447. The summed E-state index contributed by atoms with van der Waals surface area (Å²) < 4.78 is 4.59. The van der Waals surface area contributed by atoms with Gasteiger partial charge in [0, 0.05) is 11.9 Å². The highest BCUT2D eigenvalue weighted by Gasteiger charge is 2.11. The van der Waals surface area contributed by atoms with Crippen LogP contribution in [0.5, 0.6) is 0 Å². The molecule has 0 amide bonds. The van der Waals surface area contributed by atoms with E-state index in [1.54, 1.807) is 6.07 Å². The minimum Gasteiger partial charge on any atom is -0.465 e. The number of carbonyl (C=O) groups is 1. The maximum Gasteiger partial charge on any atom is 0.340 e. The molecular weight excluding hydrogens is 226 g/mol. The lowest BCUT2D eigenvalue weighted by Crippen LogP contribution is -2.04. The topological polar surface area (TPSA) is 39.2 Å². The number of carbonyl (C=O) groups excluding carboxylic acids is 1. The van der Waals surface area contributed by atoms with Gasteiger partial charge >= 0.3 is 5.97 Å². The number of hydrogen-bond acceptors (Lipinski definition) is 3. The first-order valence-corrected chi connectivity index (χ1v) is 5.79. The van der Waals surface area contributed by atoms with E-state index in [9.17, 15) is 4.79 Å². The van der Waals surface area contributed by atoms with Gasteiger partial charge in [-0.05, 0) is 18.9 Å². The first kappa shape index (κ1) is 13.0. The van der Waals surface area contributed by atoms with Gasteiger partial charge in [0.25, 0.3) is 0 Å². The number of halogens is 1. The first-order valence-electron chi connectivity index (χ1n) is 5.41. The van der Waals surface area contributed by atoms with E-state index < -0.39 is 5.97 Å². The van der Waals surface area contributed by atoms with Gasteiger partial charge in [-0.15, -0.1) is 0 Å². The van der Waals surface area contributed by atoms with Crippen molar-refractivity contribution < 1.29 is 9.53 Å². The van der Waals surface area contributed by atoms with Crippen LogP contribution in [-0.4, -0.2) is 18.1 Å². The number of nitrogens with zero attached hydrogens (tertiary/aromatic N) is 1. The number of ether oxygens (including phenoxy) is 1. The molecule has 1 rings (SSSR count). The Balaban J connectivity index is 2.71. The quantitative estimate of drug-likeness (QED) is 0.587. The molecule has 0 spiro atoms. The lowest BCUT2D eigenvalue weighted by molar-refractivity contribution is 0.0600. The van der Waals surface area contributed by atoms with Crippen LogP contribution in [0.3, 0.4) is 0 Å². The van der Waals surface area contributed by atoms with Crippen LogP contribution in [0.1, 0.15) is 42.2 Å². The second-order valence-corrected chi connectivity index (χ2v) is 4.01. The van der Waals surface area contributed by atoms with Crippen LogP contribution < -0.4 is 0 Å². The number of aromatic nitrogens is 1. The number of hydrogen-bond donors (Lipinski definition) is 0. The zero-order valence-electron chi connectivity index (χ0n) is 9.62. The third-order valence-corrected chi connectivity index (χ3v) is 2.66. The van der Waals surface area contributed by atoms with Crippen molar-refractivity contribution in [2.75, 3.05) is 7.11 Å². The molecule has 0 unspecified atom stereocenters. The lowest BCUT2D eigenvalue weighted by atomic mass is 10.1. The fourth-order valence-electron chi connectivity index (χ4n) is 1.42. The van der Waals surface area contributed by atoms with Crippen molar-refractivity contribution in [2.45, 2.75) is 32.6 Å². The molecule has 16 heavy (non-hydrogen) atoms. The Labute approximate surface area is 101 Å². The Bertz CT molecular complexity index is 366. The molecule has 88 valence electrons. The molecule has 0 N–H and O–H groups in total. The fraction of sp³-hybridized carbons (Fsp3) is 0.500. The van der Waals surface area contributed by atoms with Gasteiger partial charge in [-0.2, -0.15) is 0 Å². The van der Waals surface area contributed by atoms with Crippen molar-refractivity contribution in [1.82, 2.24) is 4.98 Å². The normalized spacial score (nSPS) is 10.2. The Morgan fingerprint density at radius 2 is 2.25 bits per heavy atom. The van der Waals surface area contributed by atoms with E-state index in [2.05, 4.69) is 16.6 Å². The van der Waals surface area contributed by atoms with Crippen molar-refractivity contribution in [3.8, 4) is 0 Å². The van der Waals surface area contributed by atoms with Crippen LogP contribution in [0.4, 0.5) is 0 Å². The third kappa shape index (κ3) is 3.49. The molecule has 0 radical (unpaired) electrons. The fourth-order valence-corrected chi connectivity index (χ4v) is 1.68. The Morgan fingerprint density at radius 1 is 1.50 bits per heavy atom. The van der Waals surface area contributed by atoms with Crippen molar-refractivity contribution in [3.63, 3.8) is 0 Å². The maximum atomic E-state index is 11.3. The van der Waals surface area contributed by atoms with Crippen molar-refractivity contribution in [1.29, 1.82) is 0 Å². The Hall–Kier alpha value is -1.09. The predicted molar refractivity (Wildman–Crippen MR) is 63.8 cm³/mol. The zero-order valence-corrected chi connectivity index (χ0v) is 10.4. The number of methoxy groups -OCH3 is 1. The summed E-state index contributed by atoms with van der Waals surface area (Å²) in [6, 6.07) is 1.74. The van der Waals surface area contributed by atoms with Crippen molar-refractivity contribution >= 4 is 17.6 Å².